The van der Waals surface area contributed by atoms with Crippen molar-refractivity contribution < 1.29 is 23.5 Å². The van der Waals surface area contributed by atoms with Gasteiger partial charge in [-0.25, -0.2) is 9.59 Å². The highest BCUT2D eigenvalue weighted by atomic mass is 16.6. The number of esters is 2. The van der Waals surface area contributed by atoms with Crippen LogP contribution in [0.25, 0.3) is 11.5 Å². The lowest BCUT2D eigenvalue weighted by Gasteiger charge is -2.09. The van der Waals surface area contributed by atoms with Crippen molar-refractivity contribution in [2.24, 2.45) is 0 Å². The van der Waals surface area contributed by atoms with Crippen LogP contribution in [0.1, 0.15) is 57.9 Å². The fourth-order valence-electron chi connectivity index (χ4n) is 2.83. The first-order valence-electron chi connectivity index (χ1n) is 8.88. The number of aryl methyl sites for hydroxylation is 1. The van der Waals surface area contributed by atoms with E-state index >= 15 is 0 Å². The van der Waals surface area contributed by atoms with E-state index in [0.29, 0.717) is 22.7 Å². The fourth-order valence-corrected chi connectivity index (χ4v) is 2.83. The van der Waals surface area contributed by atoms with E-state index in [-0.39, 0.29) is 18.2 Å². The van der Waals surface area contributed by atoms with Crippen molar-refractivity contribution in [3.05, 3.63) is 58.7 Å². The van der Waals surface area contributed by atoms with Gasteiger partial charge in [-0.15, -0.1) is 10.2 Å². The summed E-state index contributed by atoms with van der Waals surface area (Å²) in [6.07, 6.45) is -0.758. The van der Waals surface area contributed by atoms with Gasteiger partial charge in [0.2, 0.25) is 5.89 Å². The molecule has 3 rings (SSSR count). The minimum absolute atomic E-state index is 0.179. The monoisotopic (exact) mass is 383 g/mol. The van der Waals surface area contributed by atoms with E-state index in [0.717, 1.165) is 5.56 Å². The second-order valence-corrected chi connectivity index (χ2v) is 6.20. The standard InChI is InChI=1S/C20H21N3O5/c1-5-26-19(24)15-11(2)16(21-12(15)3)20(25)27-13(4)17-22-23-18(28-17)14-9-7-6-8-10-14/h6-10,13,21H,5H2,1-4H3/t13-/m0/s1. The van der Waals surface area contributed by atoms with Crippen molar-refractivity contribution in [1.29, 1.82) is 0 Å². The molecule has 0 saturated heterocycles. The summed E-state index contributed by atoms with van der Waals surface area (Å²) in [6.45, 7) is 6.97. The van der Waals surface area contributed by atoms with Gasteiger partial charge in [0.25, 0.3) is 5.89 Å². The molecule has 2 aromatic heterocycles. The maximum Gasteiger partial charge on any atom is 0.355 e. The van der Waals surface area contributed by atoms with Gasteiger partial charge < -0.3 is 18.9 Å². The highest BCUT2D eigenvalue weighted by molar-refractivity contribution is 5.98. The Balaban J connectivity index is 1.76. The number of carbonyl (C=O) groups excluding carboxylic acids is 2. The van der Waals surface area contributed by atoms with Crippen LogP contribution in [0.2, 0.25) is 0 Å². The first-order chi connectivity index (χ1) is 13.4. The molecule has 0 bridgehead atoms. The van der Waals surface area contributed by atoms with Gasteiger partial charge in [0.15, 0.2) is 6.10 Å². The second-order valence-electron chi connectivity index (χ2n) is 6.20. The molecule has 3 aromatic rings. The molecule has 1 atom stereocenters. The van der Waals surface area contributed by atoms with E-state index < -0.39 is 18.0 Å². The first-order valence-corrected chi connectivity index (χ1v) is 8.88. The van der Waals surface area contributed by atoms with Crippen LogP contribution in [0.4, 0.5) is 0 Å². The molecule has 0 unspecified atom stereocenters. The number of H-pyrrole nitrogens is 1. The Bertz CT molecular complexity index is 991. The van der Waals surface area contributed by atoms with E-state index in [2.05, 4.69) is 15.2 Å². The van der Waals surface area contributed by atoms with Gasteiger partial charge in [0.05, 0.1) is 12.2 Å². The molecule has 0 aliphatic carbocycles. The summed E-state index contributed by atoms with van der Waals surface area (Å²) in [6, 6.07) is 9.29. The number of rotatable bonds is 6. The van der Waals surface area contributed by atoms with Crippen molar-refractivity contribution >= 4 is 11.9 Å². The average molecular weight is 383 g/mol. The van der Waals surface area contributed by atoms with Crippen LogP contribution in [-0.2, 0) is 9.47 Å². The largest absolute Gasteiger partial charge is 0.462 e. The highest BCUT2D eigenvalue weighted by Crippen LogP contribution is 2.25. The number of nitrogens with zero attached hydrogens (tertiary/aromatic N) is 2. The number of ether oxygens (including phenoxy) is 2. The van der Waals surface area contributed by atoms with Crippen LogP contribution in [0, 0.1) is 13.8 Å². The normalized spacial score (nSPS) is 11.9. The van der Waals surface area contributed by atoms with E-state index in [4.69, 9.17) is 13.9 Å². The molecule has 1 N–H and O–H groups in total. The number of nitrogens with one attached hydrogen (secondary N) is 1. The summed E-state index contributed by atoms with van der Waals surface area (Å²) in [4.78, 5) is 27.6. The Labute approximate surface area is 161 Å². The lowest BCUT2D eigenvalue weighted by Crippen LogP contribution is -2.12. The Morgan fingerprint density at radius 3 is 2.54 bits per heavy atom. The summed E-state index contributed by atoms with van der Waals surface area (Å²) in [7, 11) is 0. The molecule has 0 fully saturated rings. The third-order valence-corrected chi connectivity index (χ3v) is 4.21. The molecule has 1 aromatic carbocycles. The van der Waals surface area contributed by atoms with Crippen molar-refractivity contribution in [2.45, 2.75) is 33.8 Å². The Morgan fingerprint density at radius 1 is 1.14 bits per heavy atom. The quantitative estimate of drug-likeness (QED) is 0.645. The van der Waals surface area contributed by atoms with Crippen LogP contribution >= 0.6 is 0 Å². The van der Waals surface area contributed by atoms with E-state index in [1.165, 1.54) is 0 Å². The van der Waals surface area contributed by atoms with Crippen LogP contribution < -0.4 is 0 Å². The highest BCUT2D eigenvalue weighted by Gasteiger charge is 2.26. The fraction of sp³-hybridized carbons (Fsp3) is 0.300. The molecule has 8 heteroatoms. The summed E-state index contributed by atoms with van der Waals surface area (Å²) in [5.74, 6) is -0.581. The molecule has 0 saturated carbocycles. The number of aromatic amines is 1. The summed E-state index contributed by atoms with van der Waals surface area (Å²) >= 11 is 0. The predicted molar refractivity (Wildman–Crippen MR) is 99.8 cm³/mol. The molecule has 0 spiro atoms. The molecule has 8 nitrogen and oxygen atoms in total. The van der Waals surface area contributed by atoms with Gasteiger partial charge in [0, 0.05) is 11.3 Å². The third-order valence-electron chi connectivity index (χ3n) is 4.21. The number of hydrogen-bond acceptors (Lipinski definition) is 7. The van der Waals surface area contributed by atoms with Crippen molar-refractivity contribution in [2.75, 3.05) is 6.61 Å². The molecular weight excluding hydrogens is 362 g/mol. The van der Waals surface area contributed by atoms with Gasteiger partial charge in [-0.3, -0.25) is 0 Å². The number of aromatic nitrogens is 3. The minimum Gasteiger partial charge on any atom is -0.462 e. The molecule has 0 aliphatic heterocycles. The summed E-state index contributed by atoms with van der Waals surface area (Å²) in [5, 5.41) is 7.95. The Kier molecular flexibility index (Phi) is 5.58. The van der Waals surface area contributed by atoms with Crippen LogP contribution in [-0.4, -0.2) is 33.7 Å². The Hall–Kier alpha value is -3.42. The van der Waals surface area contributed by atoms with E-state index in [1.807, 2.05) is 30.3 Å². The number of benzene rings is 1. The maximum absolute atomic E-state index is 12.6. The third kappa shape index (κ3) is 3.80. The zero-order chi connectivity index (χ0) is 20.3. The molecule has 0 radical (unpaired) electrons. The zero-order valence-corrected chi connectivity index (χ0v) is 16.1. The number of carbonyl (C=O) groups is 2. The van der Waals surface area contributed by atoms with Crippen molar-refractivity contribution in [3.8, 4) is 11.5 Å². The lowest BCUT2D eigenvalue weighted by molar-refractivity contribution is 0.0272. The minimum atomic E-state index is -0.758. The van der Waals surface area contributed by atoms with Crippen LogP contribution in [0.3, 0.4) is 0 Å². The topological polar surface area (TPSA) is 107 Å². The number of hydrogen-bond donors (Lipinski definition) is 1. The summed E-state index contributed by atoms with van der Waals surface area (Å²) < 4.78 is 16.1. The smallest absolute Gasteiger partial charge is 0.355 e. The Morgan fingerprint density at radius 2 is 1.86 bits per heavy atom. The van der Waals surface area contributed by atoms with Gasteiger partial charge in [-0.05, 0) is 45.4 Å². The molecule has 2 heterocycles. The van der Waals surface area contributed by atoms with Gasteiger partial charge in [-0.1, -0.05) is 18.2 Å². The second kappa shape index (κ2) is 8.08. The lowest BCUT2D eigenvalue weighted by atomic mass is 10.1. The van der Waals surface area contributed by atoms with Gasteiger partial charge in [0.1, 0.15) is 5.69 Å². The molecule has 0 aliphatic rings. The van der Waals surface area contributed by atoms with Gasteiger partial charge in [-0.2, -0.15) is 0 Å². The van der Waals surface area contributed by atoms with Crippen molar-refractivity contribution in [1.82, 2.24) is 15.2 Å². The molecule has 28 heavy (non-hydrogen) atoms. The SMILES string of the molecule is CCOC(=O)c1c(C)[nH]c(C(=O)O[C@@H](C)c2nnc(-c3ccccc3)o2)c1C. The predicted octanol–water partition coefficient (Wildman–Crippen LogP) is 3.78. The molecular formula is C20H21N3O5. The van der Waals surface area contributed by atoms with Crippen LogP contribution in [0.15, 0.2) is 34.7 Å². The first kappa shape index (κ1) is 19.3. The van der Waals surface area contributed by atoms with E-state index in [1.54, 1.807) is 27.7 Å². The molecule has 146 valence electrons. The summed E-state index contributed by atoms with van der Waals surface area (Å²) in [5.41, 5.74) is 2.32. The average Bonchev–Trinajstić information content (AvgIpc) is 3.27. The zero-order valence-electron chi connectivity index (χ0n) is 16.1. The molecule has 0 amide bonds. The van der Waals surface area contributed by atoms with E-state index in [9.17, 15) is 9.59 Å². The van der Waals surface area contributed by atoms with Gasteiger partial charge >= 0.3 is 11.9 Å². The maximum atomic E-state index is 12.6. The van der Waals surface area contributed by atoms with Crippen LogP contribution in [0.5, 0.6) is 0 Å². The van der Waals surface area contributed by atoms with Crippen molar-refractivity contribution in [3.63, 3.8) is 0 Å².